The van der Waals surface area contributed by atoms with E-state index < -0.39 is 23.8 Å². The monoisotopic (exact) mass is 312 g/mol. The average Bonchev–Trinajstić information content (AvgIpc) is 2.41. The van der Waals surface area contributed by atoms with E-state index in [2.05, 4.69) is 10.6 Å². The molecule has 0 radical (unpaired) electrons. The zero-order chi connectivity index (χ0) is 16.0. The third-order valence-electron chi connectivity index (χ3n) is 2.75. The van der Waals surface area contributed by atoms with Crippen molar-refractivity contribution in [3.63, 3.8) is 0 Å². The highest BCUT2D eigenvalue weighted by atomic mass is 35.5. The molecule has 0 saturated carbocycles. The first-order chi connectivity index (χ1) is 9.81. The zero-order valence-electron chi connectivity index (χ0n) is 11.7. The number of benzene rings is 1. The largest absolute Gasteiger partial charge is 0.480 e. The molecule has 0 spiro atoms. The molecule has 0 saturated heterocycles. The van der Waals surface area contributed by atoms with Crippen LogP contribution in [-0.4, -0.2) is 35.5 Å². The maximum atomic E-state index is 11.8. The number of carbonyl (C=O) groups is 3. The molecule has 2 amide bonds. The highest BCUT2D eigenvalue weighted by Crippen LogP contribution is 2.10. The lowest BCUT2D eigenvalue weighted by Crippen LogP contribution is -2.48. The summed E-state index contributed by atoms with van der Waals surface area (Å²) in [5, 5.41) is 14.1. The number of carboxylic acids is 1. The fraction of sp³-hybridized carbons (Fsp3) is 0.357. The van der Waals surface area contributed by atoms with Crippen molar-refractivity contribution in [2.45, 2.75) is 19.9 Å². The molecule has 21 heavy (non-hydrogen) atoms. The van der Waals surface area contributed by atoms with E-state index in [1.807, 2.05) is 0 Å². The number of amides is 2. The van der Waals surface area contributed by atoms with Crippen LogP contribution in [0.2, 0.25) is 5.02 Å². The molecule has 0 unspecified atom stereocenters. The summed E-state index contributed by atoms with van der Waals surface area (Å²) in [4.78, 5) is 34.4. The summed E-state index contributed by atoms with van der Waals surface area (Å²) in [6.45, 7) is 3.06. The van der Waals surface area contributed by atoms with Gasteiger partial charge in [0, 0.05) is 10.6 Å². The molecule has 7 heteroatoms. The van der Waals surface area contributed by atoms with Crippen LogP contribution < -0.4 is 10.6 Å². The molecule has 1 aromatic rings. The van der Waals surface area contributed by atoms with Gasteiger partial charge in [0.2, 0.25) is 5.91 Å². The van der Waals surface area contributed by atoms with Gasteiger partial charge in [-0.25, -0.2) is 4.79 Å². The molecular weight excluding hydrogens is 296 g/mol. The SMILES string of the molecule is CC(C)[C@@H](NC(=O)CNC(=O)c1cccc(Cl)c1)C(=O)O. The van der Waals surface area contributed by atoms with Crippen molar-refractivity contribution in [3.8, 4) is 0 Å². The molecule has 0 fully saturated rings. The van der Waals surface area contributed by atoms with Crippen LogP contribution in [0.3, 0.4) is 0 Å². The van der Waals surface area contributed by atoms with E-state index in [4.69, 9.17) is 16.7 Å². The Morgan fingerprint density at radius 3 is 2.48 bits per heavy atom. The number of hydrogen-bond donors (Lipinski definition) is 3. The zero-order valence-corrected chi connectivity index (χ0v) is 12.5. The minimum absolute atomic E-state index is 0.255. The topological polar surface area (TPSA) is 95.5 Å². The summed E-state index contributed by atoms with van der Waals surface area (Å²) < 4.78 is 0. The van der Waals surface area contributed by atoms with Crippen LogP contribution in [0.25, 0.3) is 0 Å². The fourth-order valence-electron chi connectivity index (χ4n) is 1.63. The number of hydrogen-bond acceptors (Lipinski definition) is 3. The van der Waals surface area contributed by atoms with Gasteiger partial charge in [-0.1, -0.05) is 31.5 Å². The Morgan fingerprint density at radius 2 is 1.95 bits per heavy atom. The number of aliphatic carboxylic acids is 1. The molecule has 1 atom stereocenters. The van der Waals surface area contributed by atoms with E-state index in [1.54, 1.807) is 32.0 Å². The summed E-state index contributed by atoms with van der Waals surface area (Å²) in [5.74, 6) is -2.38. The van der Waals surface area contributed by atoms with Crippen LogP contribution in [0.4, 0.5) is 0 Å². The van der Waals surface area contributed by atoms with Crippen molar-refractivity contribution in [3.05, 3.63) is 34.9 Å². The number of carbonyl (C=O) groups excluding carboxylic acids is 2. The van der Waals surface area contributed by atoms with E-state index in [1.165, 1.54) is 6.07 Å². The van der Waals surface area contributed by atoms with Crippen molar-refractivity contribution >= 4 is 29.4 Å². The lowest BCUT2D eigenvalue weighted by Gasteiger charge is -2.18. The van der Waals surface area contributed by atoms with Crippen molar-refractivity contribution in [1.29, 1.82) is 0 Å². The Morgan fingerprint density at radius 1 is 1.29 bits per heavy atom. The summed E-state index contributed by atoms with van der Waals surface area (Å²) in [6, 6.07) is 5.30. The second-order valence-corrected chi connectivity index (χ2v) is 5.26. The van der Waals surface area contributed by atoms with Crippen LogP contribution in [0.1, 0.15) is 24.2 Å². The van der Waals surface area contributed by atoms with Gasteiger partial charge in [0.25, 0.3) is 5.91 Å². The fourth-order valence-corrected chi connectivity index (χ4v) is 1.82. The summed E-state index contributed by atoms with van der Waals surface area (Å²) in [7, 11) is 0. The van der Waals surface area contributed by atoms with Crippen molar-refractivity contribution in [2.24, 2.45) is 5.92 Å². The molecule has 0 aliphatic heterocycles. The first-order valence-corrected chi connectivity index (χ1v) is 6.75. The predicted molar refractivity (Wildman–Crippen MR) is 78.2 cm³/mol. The predicted octanol–water partition coefficient (Wildman–Crippen LogP) is 1.30. The molecule has 6 nitrogen and oxygen atoms in total. The second-order valence-electron chi connectivity index (χ2n) is 4.82. The lowest BCUT2D eigenvalue weighted by atomic mass is 10.1. The summed E-state index contributed by atoms with van der Waals surface area (Å²) in [6.07, 6.45) is 0. The molecule has 1 rings (SSSR count). The van der Waals surface area contributed by atoms with E-state index in [0.717, 1.165) is 0 Å². The smallest absolute Gasteiger partial charge is 0.326 e. The van der Waals surface area contributed by atoms with E-state index in [-0.39, 0.29) is 12.5 Å². The lowest BCUT2D eigenvalue weighted by molar-refractivity contribution is -0.142. The van der Waals surface area contributed by atoms with Gasteiger partial charge in [-0.3, -0.25) is 9.59 Å². The third kappa shape index (κ3) is 5.43. The van der Waals surface area contributed by atoms with Crippen LogP contribution in [0.5, 0.6) is 0 Å². The maximum absolute atomic E-state index is 11.8. The van der Waals surface area contributed by atoms with Crippen molar-refractivity contribution < 1.29 is 19.5 Å². The minimum Gasteiger partial charge on any atom is -0.480 e. The molecule has 114 valence electrons. The normalized spacial score (nSPS) is 11.8. The number of nitrogens with one attached hydrogen (secondary N) is 2. The van der Waals surface area contributed by atoms with E-state index >= 15 is 0 Å². The molecule has 1 aromatic carbocycles. The summed E-state index contributed by atoms with van der Waals surface area (Å²) >= 11 is 5.77. The van der Waals surface area contributed by atoms with Gasteiger partial charge in [0.05, 0.1) is 6.54 Å². The van der Waals surface area contributed by atoms with Gasteiger partial charge in [-0.05, 0) is 24.1 Å². The van der Waals surface area contributed by atoms with Crippen LogP contribution >= 0.6 is 11.6 Å². The van der Waals surface area contributed by atoms with Crippen LogP contribution in [0.15, 0.2) is 24.3 Å². The quantitative estimate of drug-likeness (QED) is 0.737. The first kappa shape index (κ1) is 17.0. The van der Waals surface area contributed by atoms with Crippen LogP contribution in [0, 0.1) is 5.92 Å². The Bertz CT molecular complexity index is 546. The Labute approximate surface area is 127 Å². The van der Waals surface area contributed by atoms with Crippen LogP contribution in [-0.2, 0) is 9.59 Å². The Kier molecular flexibility index (Phi) is 6.17. The second kappa shape index (κ2) is 7.64. The number of rotatable bonds is 6. The molecule has 3 N–H and O–H groups in total. The highest BCUT2D eigenvalue weighted by molar-refractivity contribution is 6.30. The van der Waals surface area contributed by atoms with Gasteiger partial charge in [0.1, 0.15) is 6.04 Å². The Hall–Kier alpha value is -2.08. The van der Waals surface area contributed by atoms with Gasteiger partial charge in [-0.15, -0.1) is 0 Å². The molecule has 0 heterocycles. The molecule has 0 aliphatic carbocycles. The molecule has 0 aromatic heterocycles. The highest BCUT2D eigenvalue weighted by Gasteiger charge is 2.23. The number of halogens is 1. The standard InChI is InChI=1S/C14H17ClN2O4/c1-8(2)12(14(20)21)17-11(18)7-16-13(19)9-4-3-5-10(15)6-9/h3-6,8,12H,7H2,1-2H3,(H,16,19)(H,17,18)(H,20,21)/t12-/m1/s1. The number of carboxylic acid groups (broad SMARTS) is 1. The van der Waals surface area contributed by atoms with Crippen molar-refractivity contribution in [2.75, 3.05) is 6.54 Å². The molecule has 0 bridgehead atoms. The van der Waals surface area contributed by atoms with E-state index in [9.17, 15) is 14.4 Å². The maximum Gasteiger partial charge on any atom is 0.326 e. The summed E-state index contributed by atoms with van der Waals surface area (Å²) in [5.41, 5.74) is 0.328. The first-order valence-electron chi connectivity index (χ1n) is 6.37. The molecular formula is C14H17ClN2O4. The van der Waals surface area contributed by atoms with Gasteiger partial charge >= 0.3 is 5.97 Å². The van der Waals surface area contributed by atoms with Gasteiger partial charge < -0.3 is 15.7 Å². The molecule has 0 aliphatic rings. The third-order valence-corrected chi connectivity index (χ3v) is 2.98. The van der Waals surface area contributed by atoms with Gasteiger partial charge in [-0.2, -0.15) is 0 Å². The minimum atomic E-state index is -1.11. The van der Waals surface area contributed by atoms with E-state index in [0.29, 0.717) is 10.6 Å². The Balaban J connectivity index is 2.53. The van der Waals surface area contributed by atoms with Gasteiger partial charge in [0.15, 0.2) is 0 Å². The van der Waals surface area contributed by atoms with Crippen molar-refractivity contribution in [1.82, 2.24) is 10.6 Å². The average molecular weight is 313 g/mol.